The Labute approximate surface area is 118 Å². The van der Waals surface area contributed by atoms with Crippen LogP contribution in [0.3, 0.4) is 0 Å². The Hall–Kier alpha value is -0.290. The first-order chi connectivity index (χ1) is 8.29. The third-order valence-corrected chi connectivity index (χ3v) is 3.96. The predicted octanol–water partition coefficient (Wildman–Crippen LogP) is 3.26. The van der Waals surface area contributed by atoms with E-state index in [-0.39, 0.29) is 0 Å². The lowest BCUT2D eigenvalue weighted by Gasteiger charge is -2.26. The van der Waals surface area contributed by atoms with Crippen LogP contribution in [0.5, 0.6) is 0 Å². The molecule has 1 heterocycles. The molecule has 0 spiro atoms. The van der Waals surface area contributed by atoms with Crippen LogP contribution in [-0.4, -0.2) is 25.7 Å². The van der Waals surface area contributed by atoms with Crippen molar-refractivity contribution in [2.45, 2.75) is 32.2 Å². The van der Waals surface area contributed by atoms with E-state index in [2.05, 4.69) is 64.0 Å². The minimum atomic E-state index is 0.653. The number of hydrogen-bond donors (Lipinski definition) is 1. The number of nitrogens with zero attached hydrogens (tertiary/aromatic N) is 1. The molecule has 94 valence electrons. The van der Waals surface area contributed by atoms with Gasteiger partial charge in [0.2, 0.25) is 0 Å². The highest BCUT2D eigenvalue weighted by atomic mass is 127. The van der Waals surface area contributed by atoms with Crippen LogP contribution < -0.4 is 10.2 Å². The smallest absolute Gasteiger partial charge is 0.0377 e. The van der Waals surface area contributed by atoms with E-state index in [9.17, 15) is 0 Å². The van der Waals surface area contributed by atoms with Gasteiger partial charge in [-0.1, -0.05) is 19.4 Å². The molecule has 1 aromatic rings. The molecule has 1 N–H and O–H groups in total. The lowest BCUT2D eigenvalue weighted by molar-refractivity contribution is 0.502. The largest absolute Gasteiger partial charge is 0.370 e. The summed E-state index contributed by atoms with van der Waals surface area (Å²) >= 11 is 2.39. The van der Waals surface area contributed by atoms with Crippen LogP contribution >= 0.6 is 22.6 Å². The zero-order chi connectivity index (χ0) is 12.1. The maximum absolute atomic E-state index is 3.65. The molecule has 1 aliphatic rings. The number of anilines is 1. The standard InChI is InChI=1S/C14H21IN2/c1-2-5-13-11-17(9-4-8-16-13)14-7-3-6-12(15)10-14/h3,6-7,10,13,16H,2,4-5,8-9,11H2,1H3. The lowest BCUT2D eigenvalue weighted by atomic mass is 10.1. The molecular formula is C14H21IN2. The minimum absolute atomic E-state index is 0.653. The van der Waals surface area contributed by atoms with Crippen LogP contribution in [0.4, 0.5) is 5.69 Å². The molecule has 0 radical (unpaired) electrons. The van der Waals surface area contributed by atoms with Gasteiger partial charge in [0, 0.05) is 28.4 Å². The van der Waals surface area contributed by atoms with Gasteiger partial charge in [-0.2, -0.15) is 0 Å². The third-order valence-electron chi connectivity index (χ3n) is 3.29. The van der Waals surface area contributed by atoms with E-state index in [4.69, 9.17) is 0 Å². The quantitative estimate of drug-likeness (QED) is 0.847. The molecule has 1 fully saturated rings. The fourth-order valence-electron chi connectivity index (χ4n) is 2.45. The molecule has 3 heteroatoms. The maximum atomic E-state index is 3.65. The average Bonchev–Trinajstić information content (AvgIpc) is 2.55. The molecule has 17 heavy (non-hydrogen) atoms. The average molecular weight is 344 g/mol. The molecule has 1 aromatic carbocycles. The Morgan fingerprint density at radius 3 is 3.12 bits per heavy atom. The summed E-state index contributed by atoms with van der Waals surface area (Å²) in [5, 5.41) is 3.65. The SMILES string of the molecule is CCCC1CN(c2cccc(I)c2)CCCN1. The van der Waals surface area contributed by atoms with Crippen LogP contribution in [0.2, 0.25) is 0 Å². The summed E-state index contributed by atoms with van der Waals surface area (Å²) < 4.78 is 1.32. The van der Waals surface area contributed by atoms with Gasteiger partial charge in [0.15, 0.2) is 0 Å². The summed E-state index contributed by atoms with van der Waals surface area (Å²) in [7, 11) is 0. The maximum Gasteiger partial charge on any atom is 0.0377 e. The van der Waals surface area contributed by atoms with E-state index in [0.29, 0.717) is 6.04 Å². The first-order valence-corrected chi connectivity index (χ1v) is 7.61. The summed E-state index contributed by atoms with van der Waals surface area (Å²) in [4.78, 5) is 2.53. The van der Waals surface area contributed by atoms with Crippen molar-refractivity contribution in [1.82, 2.24) is 5.32 Å². The van der Waals surface area contributed by atoms with Crippen LogP contribution in [0.25, 0.3) is 0 Å². The minimum Gasteiger partial charge on any atom is -0.370 e. The zero-order valence-corrected chi connectivity index (χ0v) is 12.6. The molecule has 1 aliphatic heterocycles. The van der Waals surface area contributed by atoms with Crippen LogP contribution in [0.1, 0.15) is 26.2 Å². The summed E-state index contributed by atoms with van der Waals surface area (Å²) in [6, 6.07) is 9.49. The number of benzene rings is 1. The highest BCUT2D eigenvalue weighted by Crippen LogP contribution is 2.19. The lowest BCUT2D eigenvalue weighted by Crippen LogP contribution is -2.37. The summed E-state index contributed by atoms with van der Waals surface area (Å²) in [6.07, 6.45) is 3.78. The second-order valence-corrected chi connectivity index (χ2v) is 5.96. The molecule has 2 nitrogen and oxygen atoms in total. The van der Waals surface area contributed by atoms with Crippen molar-refractivity contribution in [2.24, 2.45) is 0 Å². The Morgan fingerprint density at radius 2 is 2.35 bits per heavy atom. The van der Waals surface area contributed by atoms with Gasteiger partial charge in [-0.25, -0.2) is 0 Å². The zero-order valence-electron chi connectivity index (χ0n) is 10.5. The second-order valence-electron chi connectivity index (χ2n) is 4.72. The normalized spacial score (nSPS) is 21.3. The van der Waals surface area contributed by atoms with E-state index >= 15 is 0 Å². The van der Waals surface area contributed by atoms with Gasteiger partial charge in [0.05, 0.1) is 0 Å². The molecule has 0 saturated carbocycles. The fraction of sp³-hybridized carbons (Fsp3) is 0.571. The molecule has 1 saturated heterocycles. The third kappa shape index (κ3) is 3.85. The first-order valence-electron chi connectivity index (χ1n) is 6.53. The number of nitrogens with one attached hydrogen (secondary N) is 1. The molecular weight excluding hydrogens is 323 g/mol. The highest BCUT2D eigenvalue weighted by Gasteiger charge is 2.17. The van der Waals surface area contributed by atoms with Gasteiger partial charge < -0.3 is 10.2 Å². The van der Waals surface area contributed by atoms with Gasteiger partial charge in [0.25, 0.3) is 0 Å². The Morgan fingerprint density at radius 1 is 1.47 bits per heavy atom. The number of rotatable bonds is 3. The number of halogens is 1. The summed E-state index contributed by atoms with van der Waals surface area (Å²) in [5.41, 5.74) is 1.38. The van der Waals surface area contributed by atoms with E-state index < -0.39 is 0 Å². The molecule has 1 unspecified atom stereocenters. The second kappa shape index (κ2) is 6.59. The molecule has 0 aromatic heterocycles. The van der Waals surface area contributed by atoms with E-state index in [1.54, 1.807) is 0 Å². The Bertz CT molecular complexity index is 354. The van der Waals surface area contributed by atoms with Crippen molar-refractivity contribution >= 4 is 28.3 Å². The fourth-order valence-corrected chi connectivity index (χ4v) is 2.97. The molecule has 0 amide bonds. The van der Waals surface area contributed by atoms with E-state index in [1.807, 2.05) is 0 Å². The monoisotopic (exact) mass is 344 g/mol. The van der Waals surface area contributed by atoms with Gasteiger partial charge in [-0.05, 0) is 60.2 Å². The van der Waals surface area contributed by atoms with Crippen molar-refractivity contribution < 1.29 is 0 Å². The van der Waals surface area contributed by atoms with Gasteiger partial charge in [0.1, 0.15) is 0 Å². The van der Waals surface area contributed by atoms with Crippen molar-refractivity contribution in [3.8, 4) is 0 Å². The van der Waals surface area contributed by atoms with Crippen LogP contribution in [-0.2, 0) is 0 Å². The van der Waals surface area contributed by atoms with E-state index in [0.717, 1.165) is 13.1 Å². The molecule has 0 bridgehead atoms. The molecule has 1 atom stereocenters. The van der Waals surface area contributed by atoms with Crippen LogP contribution in [0, 0.1) is 3.57 Å². The highest BCUT2D eigenvalue weighted by molar-refractivity contribution is 14.1. The molecule has 0 aliphatic carbocycles. The Balaban J connectivity index is 2.08. The summed E-state index contributed by atoms with van der Waals surface area (Å²) in [6.45, 7) is 5.74. The molecule has 2 rings (SSSR count). The van der Waals surface area contributed by atoms with Gasteiger partial charge >= 0.3 is 0 Å². The van der Waals surface area contributed by atoms with Crippen molar-refractivity contribution in [2.75, 3.05) is 24.5 Å². The predicted molar refractivity (Wildman–Crippen MR) is 82.7 cm³/mol. The summed E-state index contributed by atoms with van der Waals surface area (Å²) in [5.74, 6) is 0. The number of hydrogen-bond acceptors (Lipinski definition) is 2. The van der Waals surface area contributed by atoms with Crippen molar-refractivity contribution in [1.29, 1.82) is 0 Å². The Kier molecular flexibility index (Phi) is 5.10. The van der Waals surface area contributed by atoms with Crippen molar-refractivity contribution in [3.05, 3.63) is 27.8 Å². The van der Waals surface area contributed by atoms with Gasteiger partial charge in [-0.3, -0.25) is 0 Å². The van der Waals surface area contributed by atoms with Crippen molar-refractivity contribution in [3.63, 3.8) is 0 Å². The topological polar surface area (TPSA) is 15.3 Å². The first kappa shape index (κ1) is 13.1. The van der Waals surface area contributed by atoms with Gasteiger partial charge in [-0.15, -0.1) is 0 Å². The van der Waals surface area contributed by atoms with E-state index in [1.165, 1.54) is 35.1 Å². The van der Waals surface area contributed by atoms with Crippen LogP contribution in [0.15, 0.2) is 24.3 Å².